The molecule has 0 unspecified atom stereocenters. The molecule has 1 atom stereocenters. The molecule has 2 fully saturated rings. The zero-order chi connectivity index (χ0) is 20.8. The quantitative estimate of drug-likeness (QED) is 0.527. The van der Waals surface area contributed by atoms with Gasteiger partial charge in [0.1, 0.15) is 23.3 Å². The third kappa shape index (κ3) is 3.23. The summed E-state index contributed by atoms with van der Waals surface area (Å²) in [6, 6.07) is 6.98. The summed E-state index contributed by atoms with van der Waals surface area (Å²) in [7, 11) is 0. The highest BCUT2D eigenvalue weighted by molar-refractivity contribution is 5.94. The SMILES string of the molecule is Fc1ccncc1-c1ccc2[nH]nc(-c3cncc(O[C@H]4CNCCC45CC5)n3)c2c1. The number of piperidine rings is 1. The Balaban J connectivity index is 1.35. The van der Waals surface area contributed by atoms with E-state index < -0.39 is 0 Å². The van der Waals surface area contributed by atoms with E-state index >= 15 is 0 Å². The number of ether oxygens (including phenoxy) is 1. The van der Waals surface area contributed by atoms with Crippen LogP contribution in [0.3, 0.4) is 0 Å². The molecule has 1 saturated carbocycles. The molecular formula is C23H21FN6O. The maximum Gasteiger partial charge on any atom is 0.233 e. The van der Waals surface area contributed by atoms with Crippen LogP contribution in [0.2, 0.25) is 0 Å². The Kier molecular flexibility index (Phi) is 4.21. The molecule has 2 N–H and O–H groups in total. The standard InChI is InChI=1S/C23H21FN6O/c24-17-3-7-25-10-16(17)14-1-2-18-15(9-14)22(30-29-18)19-11-27-13-21(28-19)31-20-12-26-8-6-23(20)4-5-23/h1-3,7,9-11,13,20,26H,4-6,8,12H2,(H,29,30)/t20-/m0/s1. The molecule has 1 saturated heterocycles. The molecule has 7 nitrogen and oxygen atoms in total. The van der Waals surface area contributed by atoms with Gasteiger partial charge in [0.05, 0.1) is 17.9 Å². The highest BCUT2D eigenvalue weighted by atomic mass is 19.1. The average molecular weight is 416 g/mol. The molecule has 1 aliphatic heterocycles. The molecule has 1 aliphatic carbocycles. The lowest BCUT2D eigenvalue weighted by molar-refractivity contribution is 0.0844. The first-order chi connectivity index (χ1) is 15.2. The van der Waals surface area contributed by atoms with E-state index in [-0.39, 0.29) is 11.9 Å². The van der Waals surface area contributed by atoms with Gasteiger partial charge in [-0.15, -0.1) is 0 Å². The summed E-state index contributed by atoms with van der Waals surface area (Å²) < 4.78 is 20.5. The minimum atomic E-state index is -0.315. The Morgan fingerprint density at radius 3 is 2.87 bits per heavy atom. The summed E-state index contributed by atoms with van der Waals surface area (Å²) in [6.07, 6.45) is 9.97. The van der Waals surface area contributed by atoms with Crippen molar-refractivity contribution in [3.05, 3.63) is 54.9 Å². The summed E-state index contributed by atoms with van der Waals surface area (Å²) >= 11 is 0. The van der Waals surface area contributed by atoms with Crippen LogP contribution in [0.1, 0.15) is 19.3 Å². The van der Waals surface area contributed by atoms with Gasteiger partial charge in [0.2, 0.25) is 5.88 Å². The fourth-order valence-electron chi connectivity index (χ4n) is 4.48. The summed E-state index contributed by atoms with van der Waals surface area (Å²) in [4.78, 5) is 13.1. The van der Waals surface area contributed by atoms with Crippen molar-refractivity contribution in [3.8, 4) is 28.4 Å². The highest BCUT2D eigenvalue weighted by Crippen LogP contribution is 2.53. The molecule has 0 amide bonds. The number of halogens is 1. The van der Waals surface area contributed by atoms with Gasteiger partial charge in [-0.1, -0.05) is 6.07 Å². The second-order valence-corrected chi connectivity index (χ2v) is 8.35. The topological polar surface area (TPSA) is 88.6 Å². The van der Waals surface area contributed by atoms with Gasteiger partial charge in [-0.25, -0.2) is 9.37 Å². The molecule has 8 heteroatoms. The first-order valence-electron chi connectivity index (χ1n) is 10.5. The minimum Gasteiger partial charge on any atom is -0.471 e. The third-order valence-electron chi connectivity index (χ3n) is 6.46. The van der Waals surface area contributed by atoms with Crippen molar-refractivity contribution in [1.29, 1.82) is 0 Å². The van der Waals surface area contributed by atoms with Gasteiger partial charge >= 0.3 is 0 Å². The van der Waals surface area contributed by atoms with Crippen molar-refractivity contribution < 1.29 is 9.13 Å². The molecule has 6 rings (SSSR count). The first-order valence-corrected chi connectivity index (χ1v) is 10.5. The predicted octanol–water partition coefficient (Wildman–Crippen LogP) is 3.74. The highest BCUT2D eigenvalue weighted by Gasteiger charge is 2.52. The Hall–Kier alpha value is -3.39. The summed E-state index contributed by atoms with van der Waals surface area (Å²) in [5.74, 6) is 0.188. The van der Waals surface area contributed by atoms with Crippen LogP contribution in [0.25, 0.3) is 33.4 Å². The van der Waals surface area contributed by atoms with Gasteiger partial charge in [0.25, 0.3) is 0 Å². The van der Waals surface area contributed by atoms with Crippen LogP contribution in [0.4, 0.5) is 4.39 Å². The Bertz CT molecular complexity index is 1270. The zero-order valence-corrected chi connectivity index (χ0v) is 16.8. The van der Waals surface area contributed by atoms with E-state index in [1.807, 2.05) is 18.2 Å². The fraction of sp³-hybridized carbons (Fsp3) is 0.304. The van der Waals surface area contributed by atoms with Crippen molar-refractivity contribution in [2.24, 2.45) is 5.41 Å². The first kappa shape index (κ1) is 18.4. The van der Waals surface area contributed by atoms with Crippen molar-refractivity contribution >= 4 is 10.9 Å². The number of H-pyrrole nitrogens is 1. The van der Waals surface area contributed by atoms with Crippen LogP contribution in [0, 0.1) is 11.2 Å². The van der Waals surface area contributed by atoms with Gasteiger partial charge in [0, 0.05) is 35.3 Å². The smallest absolute Gasteiger partial charge is 0.233 e. The Morgan fingerprint density at radius 2 is 2.00 bits per heavy atom. The van der Waals surface area contributed by atoms with E-state index in [0.717, 1.165) is 36.0 Å². The van der Waals surface area contributed by atoms with Crippen LogP contribution in [-0.4, -0.2) is 44.3 Å². The van der Waals surface area contributed by atoms with E-state index in [0.29, 0.717) is 28.2 Å². The van der Waals surface area contributed by atoms with Crippen molar-refractivity contribution in [3.63, 3.8) is 0 Å². The van der Waals surface area contributed by atoms with Crippen LogP contribution in [-0.2, 0) is 0 Å². The van der Waals surface area contributed by atoms with E-state index in [1.54, 1.807) is 12.4 Å². The maximum atomic E-state index is 14.3. The van der Waals surface area contributed by atoms with E-state index in [4.69, 9.17) is 9.72 Å². The third-order valence-corrected chi connectivity index (χ3v) is 6.46. The molecule has 1 spiro atoms. The van der Waals surface area contributed by atoms with Crippen LogP contribution in [0.15, 0.2) is 49.1 Å². The predicted molar refractivity (Wildman–Crippen MR) is 114 cm³/mol. The normalized spacial score (nSPS) is 19.6. The number of fused-ring (bicyclic) bond motifs is 1. The number of nitrogens with zero attached hydrogens (tertiary/aromatic N) is 4. The average Bonchev–Trinajstić information content (AvgIpc) is 3.44. The van der Waals surface area contributed by atoms with Gasteiger partial charge in [-0.3, -0.25) is 15.1 Å². The molecule has 0 bridgehead atoms. The summed E-state index contributed by atoms with van der Waals surface area (Å²) in [5, 5.41) is 11.7. The molecule has 4 aromatic rings. The van der Waals surface area contributed by atoms with Gasteiger partial charge in [0.15, 0.2) is 0 Å². The molecule has 1 aromatic carbocycles. The largest absolute Gasteiger partial charge is 0.471 e. The Morgan fingerprint density at radius 1 is 1.06 bits per heavy atom. The molecule has 3 aromatic heterocycles. The van der Waals surface area contributed by atoms with Crippen LogP contribution < -0.4 is 10.1 Å². The lowest BCUT2D eigenvalue weighted by Crippen LogP contribution is -2.45. The minimum absolute atomic E-state index is 0.113. The number of nitrogens with one attached hydrogen (secondary N) is 2. The number of hydrogen-bond donors (Lipinski definition) is 2. The van der Waals surface area contributed by atoms with Crippen molar-refractivity contribution in [2.75, 3.05) is 13.1 Å². The number of aromatic nitrogens is 5. The Labute approximate surface area is 178 Å². The summed E-state index contributed by atoms with van der Waals surface area (Å²) in [5.41, 5.74) is 3.57. The molecule has 156 valence electrons. The molecule has 0 radical (unpaired) electrons. The zero-order valence-electron chi connectivity index (χ0n) is 16.8. The lowest BCUT2D eigenvalue weighted by Gasteiger charge is -2.32. The maximum absolute atomic E-state index is 14.3. The second-order valence-electron chi connectivity index (χ2n) is 8.35. The lowest BCUT2D eigenvalue weighted by atomic mass is 9.92. The second kappa shape index (κ2) is 7.09. The van der Waals surface area contributed by atoms with E-state index in [2.05, 4.69) is 25.5 Å². The van der Waals surface area contributed by atoms with Crippen LogP contribution >= 0.6 is 0 Å². The molecule has 31 heavy (non-hydrogen) atoms. The number of pyridine rings is 1. The molecule has 4 heterocycles. The van der Waals surface area contributed by atoms with Gasteiger partial charge in [-0.05, 0) is 49.6 Å². The number of benzene rings is 1. The van der Waals surface area contributed by atoms with Gasteiger partial charge in [-0.2, -0.15) is 5.10 Å². The van der Waals surface area contributed by atoms with E-state index in [9.17, 15) is 4.39 Å². The van der Waals surface area contributed by atoms with Crippen molar-refractivity contribution in [2.45, 2.75) is 25.4 Å². The van der Waals surface area contributed by atoms with E-state index in [1.165, 1.54) is 31.3 Å². The van der Waals surface area contributed by atoms with Gasteiger partial charge < -0.3 is 10.1 Å². The molecule has 2 aliphatic rings. The fourth-order valence-corrected chi connectivity index (χ4v) is 4.48. The monoisotopic (exact) mass is 416 g/mol. The molecular weight excluding hydrogens is 395 g/mol. The van der Waals surface area contributed by atoms with Crippen molar-refractivity contribution in [1.82, 2.24) is 30.5 Å². The van der Waals surface area contributed by atoms with Crippen LogP contribution in [0.5, 0.6) is 5.88 Å². The number of aromatic amines is 1. The summed E-state index contributed by atoms with van der Waals surface area (Å²) in [6.45, 7) is 1.88. The number of rotatable bonds is 4. The number of hydrogen-bond acceptors (Lipinski definition) is 6.